The van der Waals surface area contributed by atoms with Crippen molar-refractivity contribution in [3.05, 3.63) is 30.0 Å². The third-order valence-corrected chi connectivity index (χ3v) is 5.53. The van der Waals surface area contributed by atoms with Crippen LogP contribution in [0.25, 0.3) is 11.0 Å². The number of anilines is 1. The summed E-state index contributed by atoms with van der Waals surface area (Å²) in [6, 6.07) is 6.07. The fourth-order valence-electron chi connectivity index (χ4n) is 3.12. The Morgan fingerprint density at radius 3 is 2.77 bits per heavy atom. The first kappa shape index (κ1) is 18.4. The van der Waals surface area contributed by atoms with Gasteiger partial charge in [-0.2, -0.15) is 4.31 Å². The molecule has 1 fully saturated rings. The highest BCUT2D eigenvalue weighted by Gasteiger charge is 2.37. The zero-order valence-corrected chi connectivity index (χ0v) is 15.3. The van der Waals surface area contributed by atoms with Crippen molar-refractivity contribution in [2.45, 2.75) is 25.8 Å². The zero-order valence-electron chi connectivity index (χ0n) is 14.5. The Morgan fingerprint density at radius 1 is 1.35 bits per heavy atom. The second-order valence-electron chi connectivity index (χ2n) is 6.04. The molecule has 0 spiro atoms. The van der Waals surface area contributed by atoms with Crippen molar-refractivity contribution in [3.63, 3.8) is 0 Å². The summed E-state index contributed by atoms with van der Waals surface area (Å²) >= 11 is 0. The molecule has 140 valence electrons. The van der Waals surface area contributed by atoms with Gasteiger partial charge in [-0.15, -0.1) is 0 Å². The lowest BCUT2D eigenvalue weighted by Gasteiger charge is -2.21. The van der Waals surface area contributed by atoms with Crippen LogP contribution in [0, 0.1) is 0 Å². The van der Waals surface area contributed by atoms with Gasteiger partial charge in [0.25, 0.3) is 0 Å². The van der Waals surface area contributed by atoms with Crippen LogP contribution in [0.2, 0.25) is 0 Å². The third kappa shape index (κ3) is 3.45. The second kappa shape index (κ2) is 7.08. The Morgan fingerprint density at radius 2 is 2.08 bits per heavy atom. The van der Waals surface area contributed by atoms with Crippen molar-refractivity contribution >= 4 is 38.6 Å². The molecule has 1 aromatic carbocycles. The van der Waals surface area contributed by atoms with Gasteiger partial charge in [0.15, 0.2) is 0 Å². The Kier molecular flexibility index (Phi) is 5.01. The minimum Gasteiger partial charge on any atom is -0.460 e. The SMILES string of the molecule is CCOC(=O)c1oc2ccccc2c1NC(=O)C1CCCN1S(C)(=O)=O. The number of hydrogen-bond acceptors (Lipinski definition) is 6. The van der Waals surface area contributed by atoms with E-state index < -0.39 is 27.9 Å². The number of nitrogens with zero attached hydrogens (tertiary/aromatic N) is 1. The number of amides is 1. The van der Waals surface area contributed by atoms with Gasteiger partial charge in [-0.1, -0.05) is 12.1 Å². The molecule has 1 aliphatic heterocycles. The molecule has 3 rings (SSSR count). The number of nitrogens with one attached hydrogen (secondary N) is 1. The Hall–Kier alpha value is -2.39. The molecule has 26 heavy (non-hydrogen) atoms. The van der Waals surface area contributed by atoms with Gasteiger partial charge >= 0.3 is 5.97 Å². The molecule has 2 aromatic rings. The molecule has 0 saturated carbocycles. The smallest absolute Gasteiger partial charge is 0.376 e. The van der Waals surface area contributed by atoms with Crippen molar-refractivity contribution in [1.82, 2.24) is 4.31 Å². The molecule has 1 aliphatic rings. The van der Waals surface area contributed by atoms with E-state index >= 15 is 0 Å². The van der Waals surface area contributed by atoms with Crippen LogP contribution in [0.5, 0.6) is 0 Å². The maximum atomic E-state index is 12.7. The highest BCUT2D eigenvalue weighted by Crippen LogP contribution is 2.32. The number of carbonyl (C=O) groups is 2. The average Bonchev–Trinajstić information content (AvgIpc) is 3.20. The molecule has 1 atom stereocenters. The van der Waals surface area contributed by atoms with Gasteiger partial charge in [-0.3, -0.25) is 4.79 Å². The van der Waals surface area contributed by atoms with Crippen LogP contribution in [0.15, 0.2) is 28.7 Å². The van der Waals surface area contributed by atoms with E-state index in [1.54, 1.807) is 31.2 Å². The number of hydrogen-bond donors (Lipinski definition) is 1. The predicted molar refractivity (Wildman–Crippen MR) is 95.4 cm³/mol. The molecule has 9 heteroatoms. The molecule has 1 N–H and O–H groups in total. The molecule has 0 aliphatic carbocycles. The topological polar surface area (TPSA) is 106 Å². The average molecular weight is 380 g/mol. The summed E-state index contributed by atoms with van der Waals surface area (Å²) in [6.07, 6.45) is 2.10. The molecule has 2 heterocycles. The van der Waals surface area contributed by atoms with E-state index in [2.05, 4.69) is 5.32 Å². The lowest BCUT2D eigenvalue weighted by Crippen LogP contribution is -2.42. The molecular weight excluding hydrogens is 360 g/mol. The molecule has 0 radical (unpaired) electrons. The van der Waals surface area contributed by atoms with Crippen LogP contribution in [0.1, 0.15) is 30.3 Å². The van der Waals surface area contributed by atoms with Crippen LogP contribution in [0.4, 0.5) is 5.69 Å². The lowest BCUT2D eigenvalue weighted by molar-refractivity contribution is -0.119. The van der Waals surface area contributed by atoms with E-state index in [9.17, 15) is 18.0 Å². The fraction of sp³-hybridized carbons (Fsp3) is 0.412. The van der Waals surface area contributed by atoms with Crippen molar-refractivity contribution in [2.75, 3.05) is 24.7 Å². The van der Waals surface area contributed by atoms with Crippen LogP contribution < -0.4 is 5.32 Å². The van der Waals surface area contributed by atoms with Gasteiger partial charge < -0.3 is 14.5 Å². The number of ether oxygens (including phenoxy) is 1. The number of benzene rings is 1. The molecule has 1 amide bonds. The Bertz CT molecular complexity index is 949. The summed E-state index contributed by atoms with van der Waals surface area (Å²) in [4.78, 5) is 24.9. The Labute approximate surface area is 151 Å². The molecule has 1 unspecified atom stereocenters. The van der Waals surface area contributed by atoms with Crippen LogP contribution in [0.3, 0.4) is 0 Å². The summed E-state index contributed by atoms with van der Waals surface area (Å²) in [6.45, 7) is 2.13. The normalized spacial score (nSPS) is 18.2. The molecule has 1 aromatic heterocycles. The summed E-state index contributed by atoms with van der Waals surface area (Å²) in [5.74, 6) is -1.29. The molecule has 1 saturated heterocycles. The minimum absolute atomic E-state index is 0.106. The standard InChI is InChI=1S/C17H20N2O6S/c1-3-24-17(21)15-14(11-7-4-5-9-13(11)25-15)18-16(20)12-8-6-10-19(12)26(2,22)23/h4-5,7,9,12H,3,6,8,10H2,1-2H3,(H,18,20). The van der Waals surface area contributed by atoms with Gasteiger partial charge in [0.05, 0.1) is 12.9 Å². The maximum absolute atomic E-state index is 12.7. The van der Waals surface area contributed by atoms with Gasteiger partial charge in [0, 0.05) is 11.9 Å². The maximum Gasteiger partial charge on any atom is 0.376 e. The van der Waals surface area contributed by atoms with E-state index in [-0.39, 0.29) is 18.1 Å². The summed E-state index contributed by atoms with van der Waals surface area (Å²) in [5, 5.41) is 3.23. The van der Waals surface area contributed by atoms with Crippen molar-refractivity contribution < 1.29 is 27.2 Å². The first-order chi connectivity index (χ1) is 12.3. The van der Waals surface area contributed by atoms with Crippen molar-refractivity contribution in [3.8, 4) is 0 Å². The van der Waals surface area contributed by atoms with Gasteiger partial charge in [0.2, 0.25) is 21.7 Å². The number of carbonyl (C=O) groups excluding carboxylic acids is 2. The number of esters is 1. The number of furan rings is 1. The van der Waals surface area contributed by atoms with E-state index in [0.717, 1.165) is 6.26 Å². The summed E-state index contributed by atoms with van der Waals surface area (Å²) in [7, 11) is -3.50. The van der Waals surface area contributed by atoms with E-state index in [4.69, 9.17) is 9.15 Å². The third-order valence-electron chi connectivity index (χ3n) is 4.24. The highest BCUT2D eigenvalue weighted by molar-refractivity contribution is 7.88. The van der Waals surface area contributed by atoms with E-state index in [1.807, 2.05) is 0 Å². The number of rotatable bonds is 5. The molecule has 8 nitrogen and oxygen atoms in total. The summed E-state index contributed by atoms with van der Waals surface area (Å²) in [5.41, 5.74) is 0.627. The monoisotopic (exact) mass is 380 g/mol. The Balaban J connectivity index is 1.96. The number of para-hydroxylation sites is 1. The van der Waals surface area contributed by atoms with E-state index in [0.29, 0.717) is 30.4 Å². The highest BCUT2D eigenvalue weighted by atomic mass is 32.2. The van der Waals surface area contributed by atoms with Crippen LogP contribution >= 0.6 is 0 Å². The largest absolute Gasteiger partial charge is 0.460 e. The van der Waals surface area contributed by atoms with Gasteiger partial charge in [0.1, 0.15) is 17.3 Å². The molecular formula is C17H20N2O6S. The fourth-order valence-corrected chi connectivity index (χ4v) is 4.24. The first-order valence-electron chi connectivity index (χ1n) is 8.29. The zero-order chi connectivity index (χ0) is 18.9. The predicted octanol–water partition coefficient (Wildman–Crippen LogP) is 1.97. The van der Waals surface area contributed by atoms with E-state index in [1.165, 1.54) is 4.31 Å². The first-order valence-corrected chi connectivity index (χ1v) is 10.1. The second-order valence-corrected chi connectivity index (χ2v) is 7.98. The quantitative estimate of drug-likeness (QED) is 0.795. The number of fused-ring (bicyclic) bond motifs is 1. The van der Waals surface area contributed by atoms with Crippen LogP contribution in [-0.4, -0.2) is 50.0 Å². The molecule has 0 bridgehead atoms. The van der Waals surface area contributed by atoms with Crippen molar-refractivity contribution in [2.24, 2.45) is 0 Å². The van der Waals surface area contributed by atoms with Crippen LogP contribution in [-0.2, 0) is 19.6 Å². The van der Waals surface area contributed by atoms with Crippen molar-refractivity contribution in [1.29, 1.82) is 0 Å². The van der Waals surface area contributed by atoms with Gasteiger partial charge in [-0.05, 0) is 31.9 Å². The minimum atomic E-state index is -3.50. The van der Waals surface area contributed by atoms with Gasteiger partial charge in [-0.25, -0.2) is 13.2 Å². The summed E-state index contributed by atoms with van der Waals surface area (Å²) < 4.78 is 35.5. The number of sulfonamides is 1. The lowest BCUT2D eigenvalue weighted by atomic mass is 10.2.